The topological polar surface area (TPSA) is 22.2 Å². The van der Waals surface area contributed by atoms with E-state index in [0.29, 0.717) is 0 Å². The Bertz CT molecular complexity index is 5020. The molecule has 10 aromatic carbocycles. The Balaban J connectivity index is 0.986. The van der Waals surface area contributed by atoms with E-state index in [1.54, 1.807) is 0 Å². The van der Waals surface area contributed by atoms with E-state index < -0.39 is 29.6 Å². The van der Waals surface area contributed by atoms with Gasteiger partial charge in [0, 0.05) is 80.1 Å². The minimum atomic E-state index is -1.27. The molecule has 0 fully saturated rings. The van der Waals surface area contributed by atoms with Crippen LogP contribution < -0.4 is 40.3 Å². The van der Waals surface area contributed by atoms with Crippen molar-refractivity contribution in [3.05, 3.63) is 272 Å². The van der Waals surface area contributed by atoms with Crippen LogP contribution in [-0.4, -0.2) is 0 Å². The van der Waals surface area contributed by atoms with Crippen molar-refractivity contribution in [1.82, 2.24) is 0 Å². The van der Waals surface area contributed by atoms with Crippen LogP contribution in [0, 0.1) is 41.5 Å². The third-order valence-electron chi connectivity index (χ3n) is 21.8. The molecule has 10 aromatic rings. The fraction of sp³-hybridized carbons (Fsp3) is 0.233. The van der Waals surface area contributed by atoms with Crippen molar-refractivity contribution in [3.63, 3.8) is 0 Å². The number of hydrogen-bond acceptors (Lipinski definition) is 5. The van der Waals surface area contributed by atoms with Gasteiger partial charge in [-0.2, -0.15) is 0 Å². The van der Waals surface area contributed by atoms with Crippen LogP contribution in [0.3, 0.4) is 0 Å². The molecular formula is C86H79N4OP. The van der Waals surface area contributed by atoms with E-state index in [4.69, 9.17) is 4.74 Å². The van der Waals surface area contributed by atoms with Crippen molar-refractivity contribution >= 4 is 86.4 Å². The van der Waals surface area contributed by atoms with Gasteiger partial charge in [-0.1, -0.05) is 180 Å². The van der Waals surface area contributed by atoms with E-state index in [9.17, 15) is 0 Å². The number of allylic oxidation sites excluding steroid dienone is 4. The standard InChI is InChI=1S/C86H79N4OP/c1-18-54(28-19-47(2)3)87(55-29-20-48(4)21-30-55)58-35-37-60-62(45-58)83(10,11)74-70(60)72-76-81-78(74)91-79-75-71(61-38-36-59(46-63(61)84(75,12)13)88(56-31-22-49(5)23-32-56)57-33-24-50(6)25-34-57)73-77-82(79)92(81)80-68(89(76)66-39-26-51(7)41-64(66)85(72,14)15)43-53(9)44-69(80)90(77)67-40-27-52(8)42-65(67)86(73,16)17/h18-46H,2H2,1,3-17H3/b28-19-,54-18+. The van der Waals surface area contributed by atoms with E-state index in [2.05, 4.69) is 313 Å². The SMILES string of the molecule is C=C(C)/C=C\C(=C/C)N(c1ccc(C)cc1)c1ccc2c(c1)C(C)(C)c1c3c4c5c(c1-2)C(C)(C)c1cc(C)ccc1N5c1cc(C)cc2c1P4c1c(c4c(c5c1N2c1ccc(C)cc1C5(C)C)-c1ccc(N(c2ccc(C)cc2)c2ccc(C)cc2)cc1C4(C)C)O3. The highest BCUT2D eigenvalue weighted by Gasteiger charge is 2.60. The minimum absolute atomic E-state index is 0.406. The van der Waals surface area contributed by atoms with Crippen molar-refractivity contribution in [2.24, 2.45) is 0 Å². The summed E-state index contributed by atoms with van der Waals surface area (Å²) in [5.74, 6) is 2.09. The van der Waals surface area contributed by atoms with Gasteiger partial charge in [0.05, 0.1) is 44.7 Å². The summed E-state index contributed by atoms with van der Waals surface area (Å²) in [5.41, 5.74) is 37.0. The number of nitrogens with zero attached hydrogens (tertiary/aromatic N) is 4. The van der Waals surface area contributed by atoms with Gasteiger partial charge in [-0.3, -0.25) is 0 Å². The summed E-state index contributed by atoms with van der Waals surface area (Å²) in [7, 11) is -1.27. The van der Waals surface area contributed by atoms with Crippen LogP contribution in [0.15, 0.2) is 194 Å². The average molecular weight is 1220 g/mol. The summed E-state index contributed by atoms with van der Waals surface area (Å²) < 4.78 is 8.61. The van der Waals surface area contributed by atoms with E-state index >= 15 is 0 Å². The number of hydrogen-bond donors (Lipinski definition) is 0. The number of ether oxygens (including phenoxy) is 1. The summed E-state index contributed by atoms with van der Waals surface area (Å²) in [5, 5.41) is 4.14. The number of benzene rings is 10. The summed E-state index contributed by atoms with van der Waals surface area (Å²) in [4.78, 5) is 10.3. The van der Waals surface area contributed by atoms with Crippen LogP contribution in [0.2, 0.25) is 0 Å². The summed E-state index contributed by atoms with van der Waals surface area (Å²) in [6, 6.07) is 61.3. The van der Waals surface area contributed by atoms with Gasteiger partial charge in [0.1, 0.15) is 11.5 Å². The molecule has 0 spiro atoms. The second-order valence-corrected chi connectivity index (χ2v) is 31.6. The van der Waals surface area contributed by atoms with Crippen LogP contribution >= 0.6 is 7.92 Å². The van der Waals surface area contributed by atoms with Crippen LogP contribution in [0.4, 0.5) is 62.6 Å². The molecule has 0 saturated carbocycles. The largest absolute Gasteiger partial charge is 0.455 e. The predicted molar refractivity (Wildman–Crippen MR) is 390 cm³/mol. The van der Waals surface area contributed by atoms with Gasteiger partial charge in [0.15, 0.2) is 0 Å². The molecule has 5 nitrogen and oxygen atoms in total. The molecule has 6 heteroatoms. The van der Waals surface area contributed by atoms with Crippen molar-refractivity contribution < 1.29 is 4.74 Å². The maximum atomic E-state index is 8.61. The normalized spacial score (nSPS) is 17.3. The van der Waals surface area contributed by atoms with Crippen molar-refractivity contribution in [2.45, 2.75) is 132 Å². The number of aryl methyl sites for hydroxylation is 6. The predicted octanol–water partition coefficient (Wildman–Crippen LogP) is 22.5. The lowest BCUT2D eigenvalue weighted by Gasteiger charge is -2.55. The molecule has 7 aliphatic rings. The lowest BCUT2D eigenvalue weighted by molar-refractivity contribution is 0.454. The van der Waals surface area contributed by atoms with E-state index in [1.165, 1.54) is 150 Å². The van der Waals surface area contributed by atoms with E-state index in [1.807, 2.05) is 0 Å². The first-order valence-electron chi connectivity index (χ1n) is 33.0. The van der Waals surface area contributed by atoms with Gasteiger partial charge >= 0.3 is 0 Å². The highest BCUT2D eigenvalue weighted by atomic mass is 31.1. The molecular weight excluding hydrogens is 1140 g/mol. The van der Waals surface area contributed by atoms with Gasteiger partial charge in [-0.15, -0.1) is 0 Å². The van der Waals surface area contributed by atoms with Crippen LogP contribution in [0.5, 0.6) is 11.5 Å². The molecule has 0 amide bonds. The van der Waals surface area contributed by atoms with E-state index in [-0.39, 0.29) is 0 Å². The maximum absolute atomic E-state index is 8.61. The first-order chi connectivity index (χ1) is 43.9. The Morgan fingerprint density at radius 1 is 0.413 bits per heavy atom. The number of fused-ring (bicyclic) bond motifs is 16. The first-order valence-corrected chi connectivity index (χ1v) is 34.3. The molecule has 0 N–H and O–H groups in total. The first kappa shape index (κ1) is 56.8. The molecule has 0 aromatic heterocycles. The lowest BCUT2D eigenvalue weighted by atomic mass is 9.68. The third kappa shape index (κ3) is 7.40. The molecule has 5 aliphatic heterocycles. The highest BCUT2D eigenvalue weighted by Crippen LogP contribution is 2.74. The molecule has 2 aliphatic carbocycles. The quantitative estimate of drug-likeness (QED) is 0.111. The number of anilines is 11. The van der Waals surface area contributed by atoms with Crippen LogP contribution in [-0.2, 0) is 21.7 Å². The fourth-order valence-electron chi connectivity index (χ4n) is 17.4. The second-order valence-electron chi connectivity index (χ2n) is 29.6. The zero-order chi connectivity index (χ0) is 63.9. The smallest absolute Gasteiger partial charge is 0.142 e. The molecule has 0 bridgehead atoms. The van der Waals surface area contributed by atoms with Crippen molar-refractivity contribution in [2.75, 3.05) is 19.6 Å². The van der Waals surface area contributed by atoms with Crippen LogP contribution in [0.25, 0.3) is 22.3 Å². The van der Waals surface area contributed by atoms with Crippen molar-refractivity contribution in [1.29, 1.82) is 0 Å². The second kappa shape index (κ2) is 19.0. The Hall–Kier alpha value is -9.15. The zero-order valence-corrected chi connectivity index (χ0v) is 57.0. The molecule has 454 valence electrons. The third-order valence-corrected chi connectivity index (χ3v) is 24.5. The molecule has 1 unspecified atom stereocenters. The van der Waals surface area contributed by atoms with Gasteiger partial charge in [0.25, 0.3) is 0 Å². The minimum Gasteiger partial charge on any atom is -0.455 e. The Morgan fingerprint density at radius 3 is 1.26 bits per heavy atom. The average Bonchev–Trinajstić information content (AvgIpc) is 1.14. The van der Waals surface area contributed by atoms with Gasteiger partial charge in [0.2, 0.25) is 0 Å². The highest BCUT2D eigenvalue weighted by molar-refractivity contribution is 7.82. The Labute approximate surface area is 545 Å². The number of rotatable bonds is 8. The fourth-order valence-corrected chi connectivity index (χ4v) is 20.5. The molecule has 0 radical (unpaired) electrons. The Morgan fingerprint density at radius 2 is 0.815 bits per heavy atom. The monoisotopic (exact) mass is 1210 g/mol. The van der Waals surface area contributed by atoms with Crippen LogP contribution in [0.1, 0.15) is 147 Å². The van der Waals surface area contributed by atoms with Crippen molar-refractivity contribution in [3.8, 4) is 33.8 Å². The molecule has 17 rings (SSSR count). The summed E-state index contributed by atoms with van der Waals surface area (Å²) >= 11 is 0. The van der Waals surface area contributed by atoms with E-state index in [0.717, 1.165) is 51.2 Å². The molecule has 1 atom stereocenters. The lowest BCUT2D eigenvalue weighted by Crippen LogP contribution is -2.49. The Kier molecular flexibility index (Phi) is 11.7. The summed E-state index contributed by atoms with van der Waals surface area (Å²) in [6.45, 7) is 41.9. The zero-order valence-electron chi connectivity index (χ0n) is 56.1. The summed E-state index contributed by atoms with van der Waals surface area (Å²) in [6.07, 6.45) is 6.56. The molecule has 0 saturated heterocycles. The molecule has 5 heterocycles. The van der Waals surface area contributed by atoms with Gasteiger partial charge in [-0.25, -0.2) is 0 Å². The maximum Gasteiger partial charge on any atom is 0.142 e. The van der Waals surface area contributed by atoms with Gasteiger partial charge in [-0.05, 0) is 208 Å². The van der Waals surface area contributed by atoms with Gasteiger partial charge < -0.3 is 24.3 Å². The molecule has 92 heavy (non-hydrogen) atoms.